The molecule has 0 aliphatic rings. The maximum Gasteiger partial charge on any atom is 0.115 e. The number of phenolic OH excluding ortho intramolecular Hbond substituents is 1. The molecule has 6 heteroatoms. The van der Waals surface area contributed by atoms with Crippen molar-refractivity contribution in [1.29, 1.82) is 0 Å². The normalized spacial score (nSPS) is 15.5. The maximum absolute atomic E-state index is 10.5. The van der Waals surface area contributed by atoms with Gasteiger partial charge in [-0.3, -0.25) is 5.32 Å². The number of ether oxygens (including phenoxy) is 2. The Morgan fingerprint density at radius 1 is 0.867 bits per heavy atom. The van der Waals surface area contributed by atoms with Gasteiger partial charge in [-0.25, -0.2) is 0 Å². The van der Waals surface area contributed by atoms with Gasteiger partial charge in [-0.05, 0) is 56.4 Å². The zero-order chi connectivity index (χ0) is 21.8. The first-order valence-electron chi connectivity index (χ1n) is 10.6. The molecule has 2 aromatic carbocycles. The van der Waals surface area contributed by atoms with Crippen molar-refractivity contribution in [2.75, 3.05) is 19.8 Å². The summed E-state index contributed by atoms with van der Waals surface area (Å²) in [7, 11) is 0. The van der Waals surface area contributed by atoms with E-state index in [-0.39, 0.29) is 24.5 Å². The first kappa shape index (κ1) is 24.3. The minimum absolute atomic E-state index is 0.0977. The van der Waals surface area contributed by atoms with Gasteiger partial charge in [0.15, 0.2) is 0 Å². The molecule has 30 heavy (non-hydrogen) atoms. The number of aliphatic hydroxyl groups is 2. The van der Waals surface area contributed by atoms with Gasteiger partial charge in [-0.1, -0.05) is 42.5 Å². The highest BCUT2D eigenvalue weighted by Crippen LogP contribution is 2.13. The van der Waals surface area contributed by atoms with Crippen molar-refractivity contribution < 1.29 is 24.8 Å². The largest absolute Gasteiger partial charge is 0.508 e. The van der Waals surface area contributed by atoms with E-state index in [4.69, 9.17) is 9.47 Å². The molecule has 0 bridgehead atoms. The Hall–Kier alpha value is -1.96. The van der Waals surface area contributed by atoms with Gasteiger partial charge in [0.1, 0.15) is 12.0 Å². The second-order valence-electron chi connectivity index (χ2n) is 7.80. The highest BCUT2D eigenvalue weighted by Gasteiger charge is 2.16. The van der Waals surface area contributed by atoms with Crippen LogP contribution in [0.5, 0.6) is 5.75 Å². The maximum atomic E-state index is 10.5. The van der Waals surface area contributed by atoms with Crippen LogP contribution in [0.15, 0.2) is 54.6 Å². The summed E-state index contributed by atoms with van der Waals surface area (Å²) >= 11 is 0. The van der Waals surface area contributed by atoms with Crippen molar-refractivity contribution >= 4 is 0 Å². The fourth-order valence-electron chi connectivity index (χ4n) is 3.12. The smallest absolute Gasteiger partial charge is 0.115 e. The zero-order valence-electron chi connectivity index (χ0n) is 17.9. The molecule has 4 unspecified atom stereocenters. The average Bonchev–Trinajstić information content (AvgIpc) is 2.72. The molecule has 6 nitrogen and oxygen atoms in total. The number of aromatic hydroxyl groups is 1. The predicted octanol–water partition coefficient (Wildman–Crippen LogP) is 2.65. The minimum atomic E-state index is -0.655. The summed E-state index contributed by atoms with van der Waals surface area (Å²) in [6.45, 7) is 4.68. The van der Waals surface area contributed by atoms with E-state index >= 15 is 0 Å². The van der Waals surface area contributed by atoms with E-state index in [1.165, 1.54) is 5.56 Å². The molecule has 0 spiro atoms. The van der Waals surface area contributed by atoms with Crippen LogP contribution in [0, 0.1) is 0 Å². The van der Waals surface area contributed by atoms with Gasteiger partial charge in [-0.15, -0.1) is 0 Å². The molecule has 2 aromatic rings. The van der Waals surface area contributed by atoms with Crippen molar-refractivity contribution in [2.24, 2.45) is 0 Å². The molecule has 0 aliphatic heterocycles. The molecule has 0 aromatic heterocycles. The van der Waals surface area contributed by atoms with E-state index in [2.05, 4.69) is 17.4 Å². The monoisotopic (exact) mass is 417 g/mol. The Morgan fingerprint density at radius 3 is 2.23 bits per heavy atom. The van der Waals surface area contributed by atoms with Crippen LogP contribution in [0.1, 0.15) is 31.4 Å². The number of benzene rings is 2. The first-order chi connectivity index (χ1) is 14.4. The number of hydrogen-bond donors (Lipinski definition) is 4. The summed E-state index contributed by atoms with van der Waals surface area (Å²) in [5, 5.41) is 32.6. The van der Waals surface area contributed by atoms with E-state index in [1.54, 1.807) is 19.1 Å². The fourth-order valence-corrected chi connectivity index (χ4v) is 3.12. The molecule has 4 N–H and O–H groups in total. The number of rotatable bonds is 14. The van der Waals surface area contributed by atoms with Gasteiger partial charge in [0.05, 0.1) is 32.0 Å². The molecule has 0 fully saturated rings. The summed E-state index contributed by atoms with van der Waals surface area (Å²) in [4.78, 5) is 0. The Morgan fingerprint density at radius 2 is 1.57 bits per heavy atom. The van der Waals surface area contributed by atoms with Crippen LogP contribution < -0.4 is 5.32 Å². The van der Waals surface area contributed by atoms with Crippen molar-refractivity contribution in [1.82, 2.24) is 5.32 Å². The van der Waals surface area contributed by atoms with Gasteiger partial charge in [0, 0.05) is 6.04 Å². The summed E-state index contributed by atoms with van der Waals surface area (Å²) < 4.78 is 11.3. The standard InChI is InChI=1S/C24H35NO5/c1-18(26)15-29-16-19(2)30-17-22(14-21-8-11-23(27)12-9-21)25-24(28)13-10-20-6-4-3-5-7-20/h3-9,11-12,18-19,22,24-28H,10,13-17H2,1-2H3. The Kier molecular flexibility index (Phi) is 10.8. The number of aryl methyl sites for hydroxylation is 1. The lowest BCUT2D eigenvalue weighted by molar-refractivity contribution is -0.0375. The van der Waals surface area contributed by atoms with Gasteiger partial charge < -0.3 is 24.8 Å². The Labute approximate surface area is 179 Å². The predicted molar refractivity (Wildman–Crippen MR) is 117 cm³/mol. The lowest BCUT2D eigenvalue weighted by Gasteiger charge is -2.25. The van der Waals surface area contributed by atoms with Crippen LogP contribution in [-0.4, -0.2) is 59.6 Å². The van der Waals surface area contributed by atoms with Crippen LogP contribution in [-0.2, 0) is 22.3 Å². The molecule has 0 amide bonds. The number of phenols is 1. The molecule has 2 rings (SSSR count). The third-order valence-corrected chi connectivity index (χ3v) is 4.69. The second-order valence-corrected chi connectivity index (χ2v) is 7.80. The summed E-state index contributed by atoms with van der Waals surface area (Å²) in [5.74, 6) is 0.228. The van der Waals surface area contributed by atoms with Crippen molar-refractivity contribution in [3.63, 3.8) is 0 Å². The molecular weight excluding hydrogens is 382 g/mol. The Balaban J connectivity index is 1.86. The molecule has 0 saturated heterocycles. The van der Waals surface area contributed by atoms with Gasteiger partial charge >= 0.3 is 0 Å². The molecule has 0 radical (unpaired) electrons. The van der Waals surface area contributed by atoms with Gasteiger partial charge in [0.2, 0.25) is 0 Å². The third kappa shape index (κ3) is 10.2. The SMILES string of the molecule is CC(O)COCC(C)OCC(Cc1ccc(O)cc1)NC(O)CCc1ccccc1. The van der Waals surface area contributed by atoms with Crippen LogP contribution in [0.3, 0.4) is 0 Å². The van der Waals surface area contributed by atoms with E-state index in [9.17, 15) is 15.3 Å². The first-order valence-corrected chi connectivity index (χ1v) is 10.6. The van der Waals surface area contributed by atoms with Crippen molar-refractivity contribution in [2.45, 2.75) is 57.6 Å². The molecular formula is C24H35NO5. The molecule has 4 atom stereocenters. The minimum Gasteiger partial charge on any atom is -0.508 e. The van der Waals surface area contributed by atoms with Crippen molar-refractivity contribution in [3.8, 4) is 5.75 Å². The summed E-state index contributed by atoms with van der Waals surface area (Å²) in [6, 6.07) is 17.0. The van der Waals surface area contributed by atoms with E-state index in [0.29, 0.717) is 26.1 Å². The number of aliphatic hydroxyl groups excluding tert-OH is 2. The van der Waals surface area contributed by atoms with Crippen LogP contribution in [0.2, 0.25) is 0 Å². The van der Waals surface area contributed by atoms with Gasteiger partial charge in [-0.2, -0.15) is 0 Å². The van der Waals surface area contributed by atoms with E-state index < -0.39 is 12.3 Å². The molecule has 0 aliphatic carbocycles. The topological polar surface area (TPSA) is 91.2 Å². The highest BCUT2D eigenvalue weighted by molar-refractivity contribution is 5.26. The van der Waals surface area contributed by atoms with Crippen LogP contribution in [0.4, 0.5) is 0 Å². The van der Waals surface area contributed by atoms with Crippen LogP contribution in [0.25, 0.3) is 0 Å². The fraction of sp³-hybridized carbons (Fsp3) is 0.500. The third-order valence-electron chi connectivity index (χ3n) is 4.69. The number of hydrogen-bond acceptors (Lipinski definition) is 6. The van der Waals surface area contributed by atoms with Crippen molar-refractivity contribution in [3.05, 3.63) is 65.7 Å². The molecule has 0 heterocycles. The Bertz CT molecular complexity index is 693. The zero-order valence-corrected chi connectivity index (χ0v) is 17.9. The average molecular weight is 418 g/mol. The van der Waals surface area contributed by atoms with Crippen LogP contribution >= 0.6 is 0 Å². The van der Waals surface area contributed by atoms with Gasteiger partial charge in [0.25, 0.3) is 0 Å². The van der Waals surface area contributed by atoms with E-state index in [0.717, 1.165) is 12.0 Å². The number of nitrogens with one attached hydrogen (secondary N) is 1. The molecule has 166 valence electrons. The lowest BCUT2D eigenvalue weighted by Crippen LogP contribution is -2.43. The summed E-state index contributed by atoms with van der Waals surface area (Å²) in [5.41, 5.74) is 2.23. The lowest BCUT2D eigenvalue weighted by atomic mass is 10.0. The quantitative estimate of drug-likeness (QED) is 0.353. The highest BCUT2D eigenvalue weighted by atomic mass is 16.5. The second kappa shape index (κ2) is 13.4. The van der Waals surface area contributed by atoms with E-state index in [1.807, 2.05) is 37.3 Å². The summed E-state index contributed by atoms with van der Waals surface area (Å²) in [6.07, 6.45) is 0.756. The molecule has 0 saturated carbocycles.